The van der Waals surface area contributed by atoms with Gasteiger partial charge in [0.2, 0.25) is 5.88 Å². The van der Waals surface area contributed by atoms with Gasteiger partial charge in [-0.3, -0.25) is 9.36 Å². The monoisotopic (exact) mass is 170 g/mol. The number of rotatable bonds is 0. The van der Waals surface area contributed by atoms with Crippen molar-refractivity contribution in [3.63, 3.8) is 0 Å². The van der Waals surface area contributed by atoms with Crippen LogP contribution >= 0.6 is 11.8 Å². The van der Waals surface area contributed by atoms with E-state index in [2.05, 4.69) is 4.98 Å². The van der Waals surface area contributed by atoms with Crippen LogP contribution in [0.5, 0.6) is 5.88 Å². The summed E-state index contributed by atoms with van der Waals surface area (Å²) in [6.07, 6.45) is 0. The van der Waals surface area contributed by atoms with Gasteiger partial charge in [-0.2, -0.15) is 4.98 Å². The normalized spacial score (nSPS) is 14.9. The van der Waals surface area contributed by atoms with Crippen LogP contribution in [0, 0.1) is 0 Å². The SMILES string of the molecule is O=c1cc(O)nc2n1CCS2. The molecule has 4 nitrogen and oxygen atoms in total. The number of nitrogens with zero attached hydrogens (tertiary/aromatic N) is 2. The Morgan fingerprint density at radius 3 is 3.36 bits per heavy atom. The van der Waals surface area contributed by atoms with Crippen LogP contribution in [0.25, 0.3) is 0 Å². The highest BCUT2D eigenvalue weighted by molar-refractivity contribution is 7.99. The molecule has 0 radical (unpaired) electrons. The molecule has 0 bridgehead atoms. The number of aromatic hydroxyl groups is 1. The molecule has 58 valence electrons. The minimum Gasteiger partial charge on any atom is -0.493 e. The van der Waals surface area contributed by atoms with Crippen LogP contribution in [-0.4, -0.2) is 20.4 Å². The van der Waals surface area contributed by atoms with E-state index in [0.29, 0.717) is 11.7 Å². The van der Waals surface area contributed by atoms with Gasteiger partial charge in [0.15, 0.2) is 5.16 Å². The van der Waals surface area contributed by atoms with Crippen molar-refractivity contribution in [1.29, 1.82) is 0 Å². The maximum Gasteiger partial charge on any atom is 0.257 e. The highest BCUT2D eigenvalue weighted by atomic mass is 32.2. The molecule has 1 aromatic heterocycles. The van der Waals surface area contributed by atoms with E-state index in [4.69, 9.17) is 5.11 Å². The summed E-state index contributed by atoms with van der Waals surface area (Å²) >= 11 is 1.49. The van der Waals surface area contributed by atoms with Crippen molar-refractivity contribution in [3.05, 3.63) is 16.4 Å². The molecule has 0 unspecified atom stereocenters. The first-order chi connectivity index (χ1) is 5.27. The number of hydrogen-bond donors (Lipinski definition) is 1. The first-order valence-electron chi connectivity index (χ1n) is 3.21. The lowest BCUT2D eigenvalue weighted by molar-refractivity contribution is 0.436. The second-order valence-corrected chi connectivity index (χ2v) is 3.30. The predicted molar refractivity (Wildman–Crippen MR) is 40.9 cm³/mol. The van der Waals surface area contributed by atoms with E-state index in [1.807, 2.05) is 0 Å². The summed E-state index contributed by atoms with van der Waals surface area (Å²) in [6.45, 7) is 0.701. The van der Waals surface area contributed by atoms with Gasteiger partial charge >= 0.3 is 0 Å². The zero-order valence-corrected chi connectivity index (χ0v) is 6.47. The molecule has 1 aliphatic heterocycles. The van der Waals surface area contributed by atoms with Gasteiger partial charge in [-0.05, 0) is 0 Å². The van der Waals surface area contributed by atoms with Gasteiger partial charge in [0.05, 0.1) is 6.07 Å². The molecule has 5 heteroatoms. The summed E-state index contributed by atoms with van der Waals surface area (Å²) in [5, 5.41) is 9.56. The highest BCUT2D eigenvalue weighted by Crippen LogP contribution is 2.21. The molecule has 0 saturated heterocycles. The highest BCUT2D eigenvalue weighted by Gasteiger charge is 2.14. The number of thioether (sulfide) groups is 1. The molecule has 1 aliphatic rings. The van der Waals surface area contributed by atoms with Crippen LogP contribution in [0.15, 0.2) is 16.0 Å². The van der Waals surface area contributed by atoms with Gasteiger partial charge in [-0.25, -0.2) is 0 Å². The fourth-order valence-corrected chi connectivity index (χ4v) is 1.97. The van der Waals surface area contributed by atoms with Crippen molar-refractivity contribution >= 4 is 11.8 Å². The van der Waals surface area contributed by atoms with Crippen molar-refractivity contribution in [2.45, 2.75) is 11.7 Å². The molecule has 0 fully saturated rings. The van der Waals surface area contributed by atoms with E-state index in [-0.39, 0.29) is 11.4 Å². The van der Waals surface area contributed by atoms with Crippen LogP contribution in [0.1, 0.15) is 0 Å². The maximum absolute atomic E-state index is 11.1. The Morgan fingerprint density at radius 2 is 2.55 bits per heavy atom. The molecule has 0 atom stereocenters. The Labute approximate surface area is 66.9 Å². The summed E-state index contributed by atoms with van der Waals surface area (Å²) in [5.74, 6) is 0.682. The average Bonchev–Trinajstić information content (AvgIpc) is 2.34. The lowest BCUT2D eigenvalue weighted by atomic mass is 10.6. The number of hydrogen-bond acceptors (Lipinski definition) is 4. The van der Waals surface area contributed by atoms with Crippen molar-refractivity contribution in [2.24, 2.45) is 0 Å². The molecule has 11 heavy (non-hydrogen) atoms. The molecule has 2 rings (SSSR count). The second kappa shape index (κ2) is 2.27. The zero-order chi connectivity index (χ0) is 7.84. The average molecular weight is 170 g/mol. The summed E-state index contributed by atoms with van der Waals surface area (Å²) in [4.78, 5) is 14.9. The Hall–Kier alpha value is -0.970. The topological polar surface area (TPSA) is 55.1 Å². The van der Waals surface area contributed by atoms with Gasteiger partial charge in [-0.15, -0.1) is 0 Å². The Bertz CT molecular complexity index is 347. The Kier molecular flexibility index (Phi) is 1.38. The van der Waals surface area contributed by atoms with Crippen LogP contribution < -0.4 is 5.56 Å². The van der Waals surface area contributed by atoms with Crippen LogP contribution in [0.3, 0.4) is 0 Å². The summed E-state index contributed by atoms with van der Waals surface area (Å²) in [7, 11) is 0. The smallest absolute Gasteiger partial charge is 0.257 e. The lowest BCUT2D eigenvalue weighted by Gasteiger charge is -1.98. The van der Waals surface area contributed by atoms with Gasteiger partial charge in [0.1, 0.15) is 0 Å². The van der Waals surface area contributed by atoms with Crippen molar-refractivity contribution in [3.8, 4) is 5.88 Å². The third-order valence-electron chi connectivity index (χ3n) is 1.51. The van der Waals surface area contributed by atoms with Gasteiger partial charge in [-0.1, -0.05) is 11.8 Å². The minimum absolute atomic E-state index is 0.169. The molecular weight excluding hydrogens is 164 g/mol. The molecule has 0 spiro atoms. The Morgan fingerprint density at radius 1 is 1.73 bits per heavy atom. The second-order valence-electron chi connectivity index (χ2n) is 2.24. The maximum atomic E-state index is 11.1. The van der Waals surface area contributed by atoms with E-state index in [1.54, 1.807) is 4.57 Å². The van der Waals surface area contributed by atoms with Crippen molar-refractivity contribution in [2.75, 3.05) is 5.75 Å². The first kappa shape index (κ1) is 6.72. The lowest BCUT2D eigenvalue weighted by Crippen LogP contribution is -2.18. The predicted octanol–water partition coefficient (Wildman–Crippen LogP) is 0.0546. The van der Waals surface area contributed by atoms with E-state index in [9.17, 15) is 4.79 Å². The van der Waals surface area contributed by atoms with Crippen LogP contribution in [0.4, 0.5) is 0 Å². The zero-order valence-electron chi connectivity index (χ0n) is 5.65. The molecule has 1 N–H and O–H groups in total. The molecule has 0 aliphatic carbocycles. The molecule has 2 heterocycles. The van der Waals surface area contributed by atoms with Crippen molar-refractivity contribution < 1.29 is 5.11 Å². The third kappa shape index (κ3) is 1.01. The third-order valence-corrected chi connectivity index (χ3v) is 2.46. The minimum atomic E-state index is -0.185. The van der Waals surface area contributed by atoms with E-state index in [1.165, 1.54) is 11.8 Å². The largest absolute Gasteiger partial charge is 0.493 e. The number of aromatic nitrogens is 2. The quantitative estimate of drug-likeness (QED) is 0.559. The van der Waals surface area contributed by atoms with Gasteiger partial charge < -0.3 is 5.11 Å². The summed E-state index contributed by atoms with van der Waals surface area (Å²) in [5.41, 5.74) is -0.169. The standard InChI is InChI=1S/C6H6N2O2S/c9-4-3-5(10)8-1-2-11-6(8)7-4/h3,9H,1-2H2. The van der Waals surface area contributed by atoms with Crippen LogP contribution in [0.2, 0.25) is 0 Å². The number of fused-ring (bicyclic) bond motifs is 1. The van der Waals surface area contributed by atoms with E-state index in [0.717, 1.165) is 11.8 Å². The molecule has 0 amide bonds. The van der Waals surface area contributed by atoms with E-state index >= 15 is 0 Å². The Balaban J connectivity index is 2.70. The van der Waals surface area contributed by atoms with Crippen molar-refractivity contribution in [1.82, 2.24) is 9.55 Å². The van der Waals surface area contributed by atoms with E-state index < -0.39 is 0 Å². The van der Waals surface area contributed by atoms with Gasteiger partial charge in [0.25, 0.3) is 5.56 Å². The molecule has 1 aromatic rings. The first-order valence-corrected chi connectivity index (χ1v) is 4.19. The summed E-state index contributed by atoms with van der Waals surface area (Å²) < 4.78 is 1.56. The molecule has 0 saturated carbocycles. The summed E-state index contributed by atoms with van der Waals surface area (Å²) in [6, 6.07) is 1.13. The molecule has 0 aromatic carbocycles. The molecular formula is C6H6N2O2S. The fourth-order valence-electron chi connectivity index (χ4n) is 1.02. The van der Waals surface area contributed by atoms with Gasteiger partial charge in [0, 0.05) is 12.3 Å². The fraction of sp³-hybridized carbons (Fsp3) is 0.333. The van der Waals surface area contributed by atoms with Crippen LogP contribution in [-0.2, 0) is 6.54 Å².